The van der Waals surface area contributed by atoms with Crippen LogP contribution in [0.5, 0.6) is 0 Å². The van der Waals surface area contributed by atoms with Crippen molar-refractivity contribution in [2.75, 3.05) is 4.90 Å². The van der Waals surface area contributed by atoms with Gasteiger partial charge in [0.1, 0.15) is 0 Å². The Labute approximate surface area is 333 Å². The van der Waals surface area contributed by atoms with E-state index in [-0.39, 0.29) is 10.8 Å². The van der Waals surface area contributed by atoms with Gasteiger partial charge in [0.15, 0.2) is 0 Å². The van der Waals surface area contributed by atoms with Gasteiger partial charge in [0.2, 0.25) is 0 Å². The summed E-state index contributed by atoms with van der Waals surface area (Å²) in [5.74, 6) is 0. The zero-order valence-corrected chi connectivity index (χ0v) is 32.9. The zero-order chi connectivity index (χ0) is 37.8. The first kappa shape index (κ1) is 33.1. The summed E-state index contributed by atoms with van der Waals surface area (Å²) < 4.78 is 2.63. The second-order valence-corrected chi connectivity index (χ2v) is 17.6. The Morgan fingerprint density at radius 1 is 0.375 bits per heavy atom. The first-order valence-electron chi connectivity index (χ1n) is 19.7. The topological polar surface area (TPSA) is 3.24 Å². The third-order valence-electron chi connectivity index (χ3n) is 12.7. The third-order valence-corrected chi connectivity index (χ3v) is 13.9. The SMILES string of the molecule is CC1(C)c2ccccc2-c2ccc(N(c3ccc4c(c3)C(C)(C)c3ccccc3-4)c3ccc(-c4ccccc4)cc3-c3cccc4c3sc3ccccc34)cc21. The maximum atomic E-state index is 2.54. The Morgan fingerprint density at radius 3 is 1.57 bits per heavy atom. The standard InChI is InChI=1S/C54H41NS/c1-53(2)46-22-11-8-17-38(46)40-28-26-36(32-48(40)53)55(37-27-29-41-39-18-9-12-23-47(39)54(3,4)49(41)33-37)50-30-25-35(34-15-6-5-7-16-34)31-45(50)44-21-14-20-43-42-19-10-13-24-51(42)56-52(43)44/h5-33H,1-4H3. The largest absolute Gasteiger partial charge is 0.310 e. The fourth-order valence-electron chi connectivity index (χ4n) is 9.81. The van der Waals surface area contributed by atoms with Crippen molar-refractivity contribution in [2.45, 2.75) is 38.5 Å². The molecule has 268 valence electrons. The molecule has 0 saturated carbocycles. The number of hydrogen-bond acceptors (Lipinski definition) is 2. The molecule has 11 rings (SSSR count). The summed E-state index contributed by atoms with van der Waals surface area (Å²) in [5, 5.41) is 2.62. The van der Waals surface area contributed by atoms with E-state index in [1.165, 1.54) is 86.9 Å². The molecule has 56 heavy (non-hydrogen) atoms. The molecule has 0 fully saturated rings. The van der Waals surface area contributed by atoms with Crippen molar-refractivity contribution < 1.29 is 0 Å². The summed E-state index contributed by atoms with van der Waals surface area (Å²) in [6.45, 7) is 9.51. The maximum Gasteiger partial charge on any atom is 0.0540 e. The molecule has 0 unspecified atom stereocenters. The van der Waals surface area contributed by atoms with Gasteiger partial charge >= 0.3 is 0 Å². The molecule has 8 aromatic carbocycles. The molecule has 1 nitrogen and oxygen atoms in total. The molecule has 0 bridgehead atoms. The Kier molecular flexibility index (Phi) is 7.18. The van der Waals surface area contributed by atoms with Crippen LogP contribution in [0.4, 0.5) is 17.1 Å². The molecular formula is C54H41NS. The molecule has 9 aromatic rings. The van der Waals surface area contributed by atoms with Crippen molar-refractivity contribution in [1.82, 2.24) is 0 Å². The van der Waals surface area contributed by atoms with Gasteiger partial charge in [-0.2, -0.15) is 0 Å². The molecule has 0 spiro atoms. The molecule has 0 atom stereocenters. The number of anilines is 3. The smallest absolute Gasteiger partial charge is 0.0540 e. The first-order chi connectivity index (χ1) is 27.3. The van der Waals surface area contributed by atoms with E-state index in [0.29, 0.717) is 0 Å². The molecule has 2 aliphatic carbocycles. The van der Waals surface area contributed by atoms with Crippen LogP contribution in [0.1, 0.15) is 49.9 Å². The minimum Gasteiger partial charge on any atom is -0.310 e. The monoisotopic (exact) mass is 735 g/mol. The number of rotatable bonds is 5. The van der Waals surface area contributed by atoms with E-state index < -0.39 is 0 Å². The predicted octanol–water partition coefficient (Wildman–Crippen LogP) is 15.5. The van der Waals surface area contributed by atoms with Gasteiger partial charge in [-0.05, 0) is 98.1 Å². The molecule has 2 heteroatoms. The van der Waals surface area contributed by atoms with Gasteiger partial charge in [-0.1, -0.05) is 161 Å². The number of nitrogens with zero attached hydrogens (tertiary/aromatic N) is 1. The van der Waals surface area contributed by atoms with E-state index in [1.807, 2.05) is 11.3 Å². The fraction of sp³-hybridized carbons (Fsp3) is 0.111. The average Bonchev–Trinajstić information content (AvgIpc) is 3.81. The summed E-state index contributed by atoms with van der Waals surface area (Å²) in [4.78, 5) is 2.54. The highest BCUT2D eigenvalue weighted by Gasteiger charge is 2.38. The van der Waals surface area contributed by atoms with E-state index in [4.69, 9.17) is 0 Å². The Bertz CT molecular complexity index is 2930. The van der Waals surface area contributed by atoms with Crippen molar-refractivity contribution in [3.8, 4) is 44.5 Å². The van der Waals surface area contributed by atoms with E-state index in [0.717, 1.165) is 17.1 Å². The Balaban J connectivity index is 1.20. The van der Waals surface area contributed by atoms with Crippen molar-refractivity contribution in [1.29, 1.82) is 0 Å². The average molecular weight is 736 g/mol. The van der Waals surface area contributed by atoms with Crippen molar-refractivity contribution >= 4 is 48.6 Å². The van der Waals surface area contributed by atoms with Crippen LogP contribution in [-0.2, 0) is 10.8 Å². The lowest BCUT2D eigenvalue weighted by atomic mass is 9.82. The van der Waals surface area contributed by atoms with Gasteiger partial charge in [0.25, 0.3) is 0 Å². The lowest BCUT2D eigenvalue weighted by molar-refractivity contribution is 0.660. The minimum atomic E-state index is -0.127. The fourth-order valence-corrected chi connectivity index (χ4v) is 11.0. The van der Waals surface area contributed by atoms with Gasteiger partial charge in [-0.3, -0.25) is 0 Å². The van der Waals surface area contributed by atoms with Crippen LogP contribution in [0.15, 0.2) is 176 Å². The summed E-state index contributed by atoms with van der Waals surface area (Å²) in [6.07, 6.45) is 0. The van der Waals surface area contributed by atoms with Crippen LogP contribution in [0, 0.1) is 0 Å². The molecule has 1 heterocycles. The number of benzene rings is 8. The summed E-state index contributed by atoms with van der Waals surface area (Å²) >= 11 is 1.90. The van der Waals surface area contributed by atoms with Crippen LogP contribution in [-0.4, -0.2) is 0 Å². The summed E-state index contributed by atoms with van der Waals surface area (Å²) in [5.41, 5.74) is 19.0. The number of hydrogen-bond donors (Lipinski definition) is 0. The maximum absolute atomic E-state index is 2.54. The lowest BCUT2D eigenvalue weighted by Crippen LogP contribution is -2.18. The van der Waals surface area contributed by atoms with E-state index >= 15 is 0 Å². The van der Waals surface area contributed by atoms with Crippen LogP contribution >= 0.6 is 11.3 Å². The van der Waals surface area contributed by atoms with E-state index in [1.54, 1.807) is 0 Å². The quantitative estimate of drug-likeness (QED) is 0.170. The highest BCUT2D eigenvalue weighted by Crippen LogP contribution is 2.54. The lowest BCUT2D eigenvalue weighted by Gasteiger charge is -2.31. The Hall–Kier alpha value is -6.22. The zero-order valence-electron chi connectivity index (χ0n) is 32.1. The molecule has 2 aliphatic rings. The number of thiophene rings is 1. The van der Waals surface area contributed by atoms with Gasteiger partial charge in [-0.15, -0.1) is 11.3 Å². The second-order valence-electron chi connectivity index (χ2n) is 16.5. The summed E-state index contributed by atoms with van der Waals surface area (Å²) in [6, 6.07) is 65.8. The highest BCUT2D eigenvalue weighted by atomic mass is 32.1. The van der Waals surface area contributed by atoms with Crippen LogP contribution in [0.2, 0.25) is 0 Å². The van der Waals surface area contributed by atoms with E-state index in [9.17, 15) is 0 Å². The Morgan fingerprint density at radius 2 is 0.911 bits per heavy atom. The molecule has 0 aliphatic heterocycles. The highest BCUT2D eigenvalue weighted by molar-refractivity contribution is 7.26. The van der Waals surface area contributed by atoms with E-state index in [2.05, 4.69) is 209 Å². The number of fused-ring (bicyclic) bond motifs is 9. The van der Waals surface area contributed by atoms with Crippen LogP contribution in [0.3, 0.4) is 0 Å². The first-order valence-corrected chi connectivity index (χ1v) is 20.5. The summed E-state index contributed by atoms with van der Waals surface area (Å²) in [7, 11) is 0. The van der Waals surface area contributed by atoms with Crippen LogP contribution in [0.25, 0.3) is 64.7 Å². The van der Waals surface area contributed by atoms with Gasteiger partial charge in [0, 0.05) is 53.5 Å². The second kappa shape index (κ2) is 12.1. The molecule has 0 saturated heterocycles. The van der Waals surface area contributed by atoms with Gasteiger partial charge in [-0.25, -0.2) is 0 Å². The van der Waals surface area contributed by atoms with Crippen molar-refractivity contribution in [2.24, 2.45) is 0 Å². The van der Waals surface area contributed by atoms with Crippen molar-refractivity contribution in [3.05, 3.63) is 198 Å². The minimum absolute atomic E-state index is 0.127. The van der Waals surface area contributed by atoms with Crippen molar-refractivity contribution in [3.63, 3.8) is 0 Å². The predicted molar refractivity (Wildman–Crippen MR) is 240 cm³/mol. The third kappa shape index (κ3) is 4.79. The normalized spacial score (nSPS) is 14.4. The van der Waals surface area contributed by atoms with Gasteiger partial charge < -0.3 is 4.90 Å². The molecule has 0 amide bonds. The molecule has 0 N–H and O–H groups in total. The van der Waals surface area contributed by atoms with Crippen LogP contribution < -0.4 is 4.90 Å². The molecule has 1 aromatic heterocycles. The van der Waals surface area contributed by atoms with Gasteiger partial charge in [0.05, 0.1) is 5.69 Å². The molecule has 0 radical (unpaired) electrons. The molecular weight excluding hydrogens is 695 g/mol.